The van der Waals surface area contributed by atoms with E-state index in [0.717, 1.165) is 17.0 Å². The maximum absolute atomic E-state index is 12.6. The van der Waals surface area contributed by atoms with Gasteiger partial charge in [0, 0.05) is 31.9 Å². The molecule has 0 bridgehead atoms. The number of carbonyl (C=O) groups excluding carboxylic acids is 1. The highest BCUT2D eigenvalue weighted by Crippen LogP contribution is 2.23. The Morgan fingerprint density at radius 3 is 3.09 bits per heavy atom. The highest BCUT2D eigenvalue weighted by molar-refractivity contribution is 5.77. The third kappa shape index (κ3) is 2.89. The number of H-pyrrole nitrogens is 1. The van der Waals surface area contributed by atoms with Crippen molar-refractivity contribution in [1.82, 2.24) is 24.9 Å². The molecule has 2 aromatic heterocycles. The van der Waals surface area contributed by atoms with Crippen LogP contribution in [0, 0.1) is 6.92 Å². The van der Waals surface area contributed by atoms with E-state index in [1.165, 1.54) is 0 Å². The number of aromatic amines is 1. The van der Waals surface area contributed by atoms with Crippen molar-refractivity contribution in [3.63, 3.8) is 0 Å². The molecule has 0 saturated carbocycles. The molecule has 1 aliphatic rings. The largest absolute Gasteiger partial charge is 0.377 e. The summed E-state index contributed by atoms with van der Waals surface area (Å²) in [6, 6.07) is 1.82. The fourth-order valence-electron chi connectivity index (χ4n) is 2.79. The van der Waals surface area contributed by atoms with Crippen LogP contribution in [0.15, 0.2) is 18.5 Å². The number of ether oxygens (including phenoxy) is 1. The normalized spacial score (nSPS) is 18.6. The number of aromatic nitrogens is 4. The smallest absolute Gasteiger partial charge is 0.223 e. The zero-order valence-electron chi connectivity index (χ0n) is 13.0. The topological polar surface area (TPSA) is 76.0 Å². The summed E-state index contributed by atoms with van der Waals surface area (Å²) in [6.45, 7) is 3.74. The summed E-state index contributed by atoms with van der Waals surface area (Å²) in [7, 11) is 1.91. The minimum Gasteiger partial charge on any atom is -0.377 e. The Bertz CT molecular complexity index is 634. The van der Waals surface area contributed by atoms with E-state index in [1.807, 2.05) is 35.8 Å². The molecule has 3 heterocycles. The van der Waals surface area contributed by atoms with Gasteiger partial charge in [-0.15, -0.1) is 0 Å². The Labute approximate surface area is 129 Å². The Kier molecular flexibility index (Phi) is 4.24. The number of morpholine rings is 1. The standard InChI is InChI=1S/C15H21N5O2/c1-11-12(9-17-19(11)2)3-4-15(21)20-7-8-22-10-14(20)13-5-6-16-18-13/h5-6,9,14H,3-4,7-8,10H2,1-2H3,(H,16,18)/t14-/m0/s1. The molecule has 1 atom stereocenters. The van der Waals surface area contributed by atoms with Gasteiger partial charge in [-0.25, -0.2) is 0 Å². The molecule has 3 rings (SSSR count). The van der Waals surface area contributed by atoms with Crippen molar-refractivity contribution in [2.45, 2.75) is 25.8 Å². The number of hydrogen-bond acceptors (Lipinski definition) is 4. The number of nitrogens with one attached hydrogen (secondary N) is 1. The van der Waals surface area contributed by atoms with Gasteiger partial charge in [-0.1, -0.05) is 0 Å². The summed E-state index contributed by atoms with van der Waals surface area (Å²) < 4.78 is 7.35. The van der Waals surface area contributed by atoms with Crippen LogP contribution in [0.5, 0.6) is 0 Å². The molecule has 1 fully saturated rings. The molecule has 1 N–H and O–H groups in total. The SMILES string of the molecule is Cc1c(CCC(=O)N2CCOC[C@H]2c2ccn[nH]2)cnn1C. The van der Waals surface area contributed by atoms with Gasteiger partial charge in [0.15, 0.2) is 0 Å². The lowest BCUT2D eigenvalue weighted by Gasteiger charge is -2.35. The van der Waals surface area contributed by atoms with E-state index in [1.54, 1.807) is 6.20 Å². The second-order valence-electron chi connectivity index (χ2n) is 5.57. The lowest BCUT2D eigenvalue weighted by molar-refractivity contribution is -0.140. The monoisotopic (exact) mass is 303 g/mol. The van der Waals surface area contributed by atoms with Gasteiger partial charge in [0.25, 0.3) is 0 Å². The second kappa shape index (κ2) is 6.31. The summed E-state index contributed by atoms with van der Waals surface area (Å²) in [6.07, 6.45) is 4.74. The lowest BCUT2D eigenvalue weighted by Crippen LogP contribution is -2.43. The van der Waals surface area contributed by atoms with E-state index < -0.39 is 0 Å². The Hall–Kier alpha value is -2.15. The van der Waals surface area contributed by atoms with E-state index >= 15 is 0 Å². The van der Waals surface area contributed by atoms with Crippen LogP contribution >= 0.6 is 0 Å². The predicted octanol–water partition coefficient (Wildman–Crippen LogP) is 0.984. The maximum atomic E-state index is 12.6. The van der Waals surface area contributed by atoms with Crippen LogP contribution in [0.3, 0.4) is 0 Å². The molecule has 7 nitrogen and oxygen atoms in total. The minimum absolute atomic E-state index is 0.0706. The molecule has 1 saturated heterocycles. The number of rotatable bonds is 4. The second-order valence-corrected chi connectivity index (χ2v) is 5.57. The first-order valence-electron chi connectivity index (χ1n) is 7.51. The summed E-state index contributed by atoms with van der Waals surface area (Å²) in [5.41, 5.74) is 3.16. The highest BCUT2D eigenvalue weighted by atomic mass is 16.5. The van der Waals surface area contributed by atoms with Crippen LogP contribution in [0.4, 0.5) is 0 Å². The number of carbonyl (C=O) groups is 1. The molecule has 118 valence electrons. The van der Waals surface area contributed by atoms with Crippen LogP contribution < -0.4 is 0 Å². The van der Waals surface area contributed by atoms with Crippen molar-refractivity contribution in [3.8, 4) is 0 Å². The van der Waals surface area contributed by atoms with Gasteiger partial charge in [-0.3, -0.25) is 14.6 Å². The van der Waals surface area contributed by atoms with Gasteiger partial charge in [-0.05, 0) is 25.0 Å². The summed E-state index contributed by atoms with van der Waals surface area (Å²) in [4.78, 5) is 14.5. The van der Waals surface area contributed by atoms with E-state index in [9.17, 15) is 4.79 Å². The quantitative estimate of drug-likeness (QED) is 0.913. The minimum atomic E-state index is -0.0706. The molecule has 1 amide bonds. The van der Waals surface area contributed by atoms with Crippen LogP contribution in [0.25, 0.3) is 0 Å². The van der Waals surface area contributed by atoms with Gasteiger partial charge in [-0.2, -0.15) is 10.2 Å². The van der Waals surface area contributed by atoms with Crippen molar-refractivity contribution < 1.29 is 9.53 Å². The van der Waals surface area contributed by atoms with Gasteiger partial charge in [0.2, 0.25) is 5.91 Å². The van der Waals surface area contributed by atoms with Crippen molar-refractivity contribution >= 4 is 5.91 Å². The summed E-state index contributed by atoms with van der Waals surface area (Å²) in [5.74, 6) is 0.145. The zero-order valence-corrected chi connectivity index (χ0v) is 13.0. The van der Waals surface area contributed by atoms with Crippen molar-refractivity contribution in [2.24, 2.45) is 7.05 Å². The van der Waals surface area contributed by atoms with Crippen molar-refractivity contribution in [2.75, 3.05) is 19.8 Å². The maximum Gasteiger partial charge on any atom is 0.223 e. The molecule has 0 radical (unpaired) electrons. The third-order valence-electron chi connectivity index (χ3n) is 4.28. The lowest BCUT2D eigenvalue weighted by atomic mass is 10.1. The average Bonchev–Trinajstić information content (AvgIpc) is 3.17. The van der Waals surface area contributed by atoms with Crippen LogP contribution in [-0.4, -0.2) is 50.5 Å². The Balaban J connectivity index is 1.66. The first-order valence-corrected chi connectivity index (χ1v) is 7.51. The molecule has 1 aliphatic heterocycles. The van der Waals surface area contributed by atoms with E-state index in [-0.39, 0.29) is 11.9 Å². The molecular weight excluding hydrogens is 282 g/mol. The molecule has 22 heavy (non-hydrogen) atoms. The van der Waals surface area contributed by atoms with E-state index in [2.05, 4.69) is 15.3 Å². The molecule has 0 aliphatic carbocycles. The van der Waals surface area contributed by atoms with Gasteiger partial charge in [0.05, 0.1) is 31.1 Å². The fourth-order valence-corrected chi connectivity index (χ4v) is 2.79. The fraction of sp³-hybridized carbons (Fsp3) is 0.533. The molecule has 0 spiro atoms. The van der Waals surface area contributed by atoms with Gasteiger partial charge in [0.1, 0.15) is 0 Å². The Morgan fingerprint density at radius 2 is 2.41 bits per heavy atom. The van der Waals surface area contributed by atoms with Crippen molar-refractivity contribution in [1.29, 1.82) is 0 Å². The van der Waals surface area contributed by atoms with E-state index in [0.29, 0.717) is 32.6 Å². The van der Waals surface area contributed by atoms with Crippen LogP contribution in [0.1, 0.15) is 29.4 Å². The first kappa shape index (κ1) is 14.8. The summed E-state index contributed by atoms with van der Waals surface area (Å²) >= 11 is 0. The number of aryl methyl sites for hydroxylation is 2. The van der Waals surface area contributed by atoms with Crippen LogP contribution in [-0.2, 0) is 23.0 Å². The number of amides is 1. The Morgan fingerprint density at radius 1 is 1.55 bits per heavy atom. The summed E-state index contributed by atoms with van der Waals surface area (Å²) in [5, 5.41) is 11.1. The number of hydrogen-bond donors (Lipinski definition) is 1. The first-order chi connectivity index (χ1) is 10.7. The predicted molar refractivity (Wildman–Crippen MR) is 80.1 cm³/mol. The van der Waals surface area contributed by atoms with Crippen LogP contribution in [0.2, 0.25) is 0 Å². The van der Waals surface area contributed by atoms with Gasteiger partial charge < -0.3 is 9.64 Å². The molecule has 0 aromatic carbocycles. The van der Waals surface area contributed by atoms with Crippen molar-refractivity contribution in [3.05, 3.63) is 35.4 Å². The molecule has 0 unspecified atom stereocenters. The molecule has 2 aromatic rings. The average molecular weight is 303 g/mol. The van der Waals surface area contributed by atoms with E-state index in [4.69, 9.17) is 4.74 Å². The molecule has 7 heteroatoms. The number of nitrogens with zero attached hydrogens (tertiary/aromatic N) is 4. The third-order valence-corrected chi connectivity index (χ3v) is 4.28. The van der Waals surface area contributed by atoms with Gasteiger partial charge >= 0.3 is 0 Å². The molecular formula is C15H21N5O2. The zero-order chi connectivity index (χ0) is 15.5. The highest BCUT2D eigenvalue weighted by Gasteiger charge is 2.29.